The summed E-state index contributed by atoms with van der Waals surface area (Å²) in [6, 6.07) is 4.42. The van der Waals surface area contributed by atoms with Gasteiger partial charge in [0.05, 0.1) is 11.7 Å². The number of fused-ring (bicyclic) bond motifs is 4. The number of amides is 3. The minimum atomic E-state index is -0.138. The molecular formula is C18H22N4O4. The normalized spacial score (nSPS) is 23.5. The summed E-state index contributed by atoms with van der Waals surface area (Å²) in [5.74, 6) is 0.588. The fourth-order valence-electron chi connectivity index (χ4n) is 3.68. The molecule has 1 aromatic rings. The Labute approximate surface area is 151 Å². The Kier molecular flexibility index (Phi) is 4.50. The van der Waals surface area contributed by atoms with Gasteiger partial charge in [-0.25, -0.2) is 0 Å². The van der Waals surface area contributed by atoms with Gasteiger partial charge in [0, 0.05) is 44.6 Å². The van der Waals surface area contributed by atoms with Crippen LogP contribution in [0.15, 0.2) is 12.1 Å². The summed E-state index contributed by atoms with van der Waals surface area (Å²) < 4.78 is 5.80. The molecule has 0 bridgehead atoms. The van der Waals surface area contributed by atoms with Gasteiger partial charge in [0.25, 0.3) is 5.91 Å². The van der Waals surface area contributed by atoms with Gasteiger partial charge in [0.1, 0.15) is 12.4 Å². The molecule has 0 aliphatic carbocycles. The van der Waals surface area contributed by atoms with Gasteiger partial charge in [-0.1, -0.05) is 0 Å². The third-order valence-electron chi connectivity index (χ3n) is 5.05. The predicted octanol–water partition coefficient (Wildman–Crippen LogP) is -0.0863. The number of rotatable bonds is 0. The van der Waals surface area contributed by atoms with Gasteiger partial charge in [0.15, 0.2) is 0 Å². The molecule has 2 saturated heterocycles. The Morgan fingerprint density at radius 1 is 1.12 bits per heavy atom. The fraction of sp³-hybridized carbons (Fsp3) is 0.500. The van der Waals surface area contributed by atoms with Gasteiger partial charge in [-0.05, 0) is 24.1 Å². The molecule has 1 atom stereocenters. The molecule has 2 fully saturated rings. The molecule has 4 aliphatic heterocycles. The van der Waals surface area contributed by atoms with Crippen molar-refractivity contribution < 1.29 is 19.1 Å². The monoisotopic (exact) mass is 358 g/mol. The third kappa shape index (κ3) is 3.24. The summed E-state index contributed by atoms with van der Waals surface area (Å²) in [5.41, 5.74) is 2.99. The van der Waals surface area contributed by atoms with Crippen molar-refractivity contribution in [1.29, 1.82) is 0 Å². The first kappa shape index (κ1) is 16.8. The van der Waals surface area contributed by atoms with E-state index in [2.05, 4.69) is 26.9 Å². The summed E-state index contributed by atoms with van der Waals surface area (Å²) in [6.07, 6.45) is 1.72. The molecule has 138 valence electrons. The number of carbonyl (C=O) groups is 3. The first-order chi connectivity index (χ1) is 12.6. The molecular weight excluding hydrogens is 336 g/mol. The van der Waals surface area contributed by atoms with Crippen LogP contribution in [0.25, 0.3) is 0 Å². The smallest absolute Gasteiger partial charge is 0.252 e. The number of hydrogen-bond acceptors (Lipinski definition) is 6. The van der Waals surface area contributed by atoms with Gasteiger partial charge in [-0.2, -0.15) is 0 Å². The van der Waals surface area contributed by atoms with Crippen molar-refractivity contribution in [2.75, 3.05) is 31.1 Å². The molecule has 8 nitrogen and oxygen atoms in total. The lowest BCUT2D eigenvalue weighted by Crippen LogP contribution is -2.55. The van der Waals surface area contributed by atoms with E-state index in [1.807, 2.05) is 6.07 Å². The van der Waals surface area contributed by atoms with E-state index in [0.29, 0.717) is 38.5 Å². The Balaban J connectivity index is 0.000000178. The topological polar surface area (TPSA) is 99.8 Å². The summed E-state index contributed by atoms with van der Waals surface area (Å²) >= 11 is 0. The number of nitrogens with one attached hydrogen (secondary N) is 3. The standard InChI is InChI=1S/C13H15N3O2.C5H7NO2/c17-13-10-4-12-11(3-8(10)5-15-13)16-2-1-14-6-9(16)7-18-12;7-4-2-1-3-5(8)6-4/h3-4,9,14H,1-2,5-7H2,(H,15,17);1-3H2,(H,6,7,8). The minimum Gasteiger partial charge on any atom is -0.489 e. The van der Waals surface area contributed by atoms with Crippen LogP contribution in [0.2, 0.25) is 0 Å². The van der Waals surface area contributed by atoms with E-state index in [4.69, 9.17) is 4.74 Å². The molecule has 8 heteroatoms. The summed E-state index contributed by atoms with van der Waals surface area (Å²) in [5, 5.41) is 8.44. The SMILES string of the molecule is O=C1CCCC(=O)N1.O=C1NCc2cc3c(cc21)OCC1CNCCN31. The van der Waals surface area contributed by atoms with E-state index in [1.54, 1.807) is 0 Å². The second kappa shape index (κ2) is 6.95. The average Bonchev–Trinajstić information content (AvgIpc) is 3.01. The van der Waals surface area contributed by atoms with Crippen molar-refractivity contribution in [3.05, 3.63) is 23.3 Å². The van der Waals surface area contributed by atoms with Crippen LogP contribution in [0, 0.1) is 0 Å². The highest BCUT2D eigenvalue weighted by atomic mass is 16.5. The van der Waals surface area contributed by atoms with E-state index in [0.717, 1.165) is 42.2 Å². The van der Waals surface area contributed by atoms with Gasteiger partial charge in [-0.15, -0.1) is 0 Å². The maximum Gasteiger partial charge on any atom is 0.252 e. The van der Waals surface area contributed by atoms with E-state index in [-0.39, 0.29) is 17.7 Å². The molecule has 4 aliphatic rings. The number of benzene rings is 1. The molecule has 0 spiro atoms. The van der Waals surface area contributed by atoms with Crippen molar-refractivity contribution in [3.63, 3.8) is 0 Å². The lowest BCUT2D eigenvalue weighted by atomic mass is 10.0. The van der Waals surface area contributed by atoms with E-state index in [1.165, 1.54) is 0 Å². The highest BCUT2D eigenvalue weighted by molar-refractivity contribution is 5.99. The van der Waals surface area contributed by atoms with Gasteiger partial charge < -0.3 is 20.3 Å². The molecule has 4 heterocycles. The number of hydrogen-bond donors (Lipinski definition) is 3. The quantitative estimate of drug-likeness (QED) is 0.561. The van der Waals surface area contributed by atoms with Crippen LogP contribution in [0.5, 0.6) is 5.75 Å². The van der Waals surface area contributed by atoms with Crippen molar-refractivity contribution in [2.24, 2.45) is 0 Å². The first-order valence-corrected chi connectivity index (χ1v) is 9.00. The molecule has 0 saturated carbocycles. The fourth-order valence-corrected chi connectivity index (χ4v) is 3.68. The molecule has 5 rings (SSSR count). The minimum absolute atomic E-state index is 0.0128. The second-order valence-corrected chi connectivity index (χ2v) is 6.85. The maximum atomic E-state index is 11.6. The van der Waals surface area contributed by atoms with Crippen molar-refractivity contribution in [2.45, 2.75) is 31.8 Å². The molecule has 3 amide bonds. The molecule has 0 radical (unpaired) electrons. The highest BCUT2D eigenvalue weighted by Crippen LogP contribution is 2.37. The molecule has 0 aromatic heterocycles. The van der Waals surface area contributed by atoms with E-state index < -0.39 is 0 Å². The molecule has 1 unspecified atom stereocenters. The van der Waals surface area contributed by atoms with Gasteiger partial charge >= 0.3 is 0 Å². The number of imide groups is 1. The van der Waals surface area contributed by atoms with Crippen LogP contribution in [-0.2, 0) is 16.1 Å². The first-order valence-electron chi connectivity index (χ1n) is 9.00. The zero-order valence-corrected chi connectivity index (χ0v) is 14.5. The van der Waals surface area contributed by atoms with Crippen molar-refractivity contribution >= 4 is 23.4 Å². The largest absolute Gasteiger partial charge is 0.489 e. The van der Waals surface area contributed by atoms with Gasteiger partial charge in [0.2, 0.25) is 11.8 Å². The average molecular weight is 358 g/mol. The zero-order chi connectivity index (χ0) is 18.1. The van der Waals surface area contributed by atoms with Crippen LogP contribution < -0.4 is 25.6 Å². The van der Waals surface area contributed by atoms with E-state index in [9.17, 15) is 14.4 Å². The van der Waals surface area contributed by atoms with Crippen LogP contribution >= 0.6 is 0 Å². The lowest BCUT2D eigenvalue weighted by Gasteiger charge is -2.42. The van der Waals surface area contributed by atoms with Crippen molar-refractivity contribution in [3.8, 4) is 5.75 Å². The lowest BCUT2D eigenvalue weighted by molar-refractivity contribution is -0.132. The van der Waals surface area contributed by atoms with Crippen LogP contribution in [0.3, 0.4) is 0 Å². The number of carbonyl (C=O) groups excluding carboxylic acids is 3. The zero-order valence-electron chi connectivity index (χ0n) is 14.5. The van der Waals surface area contributed by atoms with Gasteiger partial charge in [-0.3, -0.25) is 19.7 Å². The van der Waals surface area contributed by atoms with Crippen LogP contribution in [0.4, 0.5) is 5.69 Å². The van der Waals surface area contributed by atoms with Crippen LogP contribution in [0.1, 0.15) is 35.2 Å². The number of ether oxygens (including phenoxy) is 1. The number of piperazine rings is 1. The Morgan fingerprint density at radius 3 is 2.65 bits per heavy atom. The summed E-state index contributed by atoms with van der Waals surface area (Å²) in [4.78, 5) is 34.7. The van der Waals surface area contributed by atoms with Crippen LogP contribution in [-0.4, -0.2) is 50.0 Å². The second-order valence-electron chi connectivity index (χ2n) is 6.85. The highest BCUT2D eigenvalue weighted by Gasteiger charge is 2.32. The predicted molar refractivity (Wildman–Crippen MR) is 94.1 cm³/mol. The van der Waals surface area contributed by atoms with E-state index >= 15 is 0 Å². The molecule has 1 aromatic carbocycles. The Morgan fingerprint density at radius 2 is 1.92 bits per heavy atom. The number of nitrogens with zero attached hydrogens (tertiary/aromatic N) is 1. The van der Waals surface area contributed by atoms with Crippen molar-refractivity contribution in [1.82, 2.24) is 16.0 Å². The number of anilines is 1. The summed E-state index contributed by atoms with van der Waals surface area (Å²) in [6.45, 7) is 4.30. The summed E-state index contributed by atoms with van der Waals surface area (Å²) in [7, 11) is 0. The Hall–Kier alpha value is -2.61. The molecule has 26 heavy (non-hydrogen) atoms. The third-order valence-corrected chi connectivity index (χ3v) is 5.05. The number of piperidine rings is 1. The Bertz CT molecular complexity index is 750. The molecule has 3 N–H and O–H groups in total. The maximum absolute atomic E-state index is 11.6.